The van der Waals surface area contributed by atoms with Crippen LogP contribution in [0.25, 0.3) is 17.7 Å². The summed E-state index contributed by atoms with van der Waals surface area (Å²) in [6, 6.07) is 18.2. The van der Waals surface area contributed by atoms with Crippen molar-refractivity contribution in [2.24, 2.45) is 5.92 Å². The smallest absolute Gasteiger partial charge is 0.130 e. The number of aryl methyl sites for hydroxylation is 1. The summed E-state index contributed by atoms with van der Waals surface area (Å²) < 4.78 is 6.34. The molecule has 4 unspecified atom stereocenters. The van der Waals surface area contributed by atoms with Crippen molar-refractivity contribution in [3.63, 3.8) is 0 Å². The van der Waals surface area contributed by atoms with Gasteiger partial charge in [0.05, 0.1) is 0 Å². The summed E-state index contributed by atoms with van der Waals surface area (Å²) in [6.45, 7) is 0. The highest BCUT2D eigenvalue weighted by molar-refractivity contribution is 5.78. The molecule has 0 radical (unpaired) electrons. The van der Waals surface area contributed by atoms with Gasteiger partial charge in [0, 0.05) is 64.2 Å². The Bertz CT molecular complexity index is 2040. The maximum atomic E-state index is 6.34. The molecule has 260 valence electrons. The Balaban J connectivity index is 0.866. The molecule has 4 atom stereocenters. The number of rotatable bonds is 4. The average molecular weight is 673 g/mol. The quantitative estimate of drug-likeness (QED) is 0.275. The lowest BCUT2D eigenvalue weighted by Crippen LogP contribution is -2.36. The summed E-state index contributed by atoms with van der Waals surface area (Å²) in [5, 5.41) is 0. The van der Waals surface area contributed by atoms with Crippen LogP contribution >= 0.6 is 0 Å². The second-order valence-corrected chi connectivity index (χ2v) is 17.0. The largest absolute Gasteiger partial charge is 0.461 e. The van der Waals surface area contributed by atoms with Gasteiger partial charge in [-0.3, -0.25) is 0 Å². The van der Waals surface area contributed by atoms with E-state index in [-0.39, 0.29) is 0 Å². The molecule has 8 aliphatic rings. The summed E-state index contributed by atoms with van der Waals surface area (Å²) in [6.07, 6.45) is 36.1. The van der Waals surface area contributed by atoms with Crippen LogP contribution in [0.5, 0.6) is 0 Å². The molecule has 6 aliphatic carbocycles. The SMILES string of the molecule is C1=Cc2oc3c(c2CC1)C=C(N1c2ccc(C4=CC=C(C5CC=C6C(C5)c5ccccc5N6C5CCCCC5)CC4)cc2C2CCCCC21)CC3. The first-order valence-electron chi connectivity index (χ1n) is 20.7. The molecular formula is C48H52N2O. The lowest BCUT2D eigenvalue weighted by molar-refractivity contribution is 0.394. The number of allylic oxidation sites excluding steroid dienone is 8. The van der Waals surface area contributed by atoms with Crippen LogP contribution in [0.15, 0.2) is 88.2 Å². The van der Waals surface area contributed by atoms with Gasteiger partial charge in [-0.15, -0.1) is 0 Å². The van der Waals surface area contributed by atoms with E-state index in [1.807, 2.05) is 0 Å². The second kappa shape index (κ2) is 12.3. The molecule has 3 aromatic rings. The lowest BCUT2D eigenvalue weighted by Gasteiger charge is -2.37. The van der Waals surface area contributed by atoms with E-state index in [4.69, 9.17) is 4.42 Å². The van der Waals surface area contributed by atoms with E-state index in [0.717, 1.165) is 31.4 Å². The van der Waals surface area contributed by atoms with Crippen molar-refractivity contribution in [1.29, 1.82) is 0 Å². The Labute approximate surface area is 304 Å². The molecule has 0 spiro atoms. The number of anilines is 2. The van der Waals surface area contributed by atoms with Crippen molar-refractivity contribution in [1.82, 2.24) is 0 Å². The van der Waals surface area contributed by atoms with Gasteiger partial charge in [-0.05, 0) is 129 Å². The number of nitrogens with zero attached hydrogens (tertiary/aromatic N) is 2. The Morgan fingerprint density at radius 2 is 1.63 bits per heavy atom. The van der Waals surface area contributed by atoms with Gasteiger partial charge in [-0.2, -0.15) is 0 Å². The summed E-state index contributed by atoms with van der Waals surface area (Å²) in [7, 11) is 0. The van der Waals surface area contributed by atoms with Gasteiger partial charge < -0.3 is 14.2 Å². The molecule has 2 saturated carbocycles. The zero-order valence-electron chi connectivity index (χ0n) is 30.2. The molecule has 3 nitrogen and oxygen atoms in total. The van der Waals surface area contributed by atoms with Crippen molar-refractivity contribution >= 4 is 29.1 Å². The highest BCUT2D eigenvalue weighted by atomic mass is 16.3. The van der Waals surface area contributed by atoms with Crippen LogP contribution in [0.4, 0.5) is 11.4 Å². The van der Waals surface area contributed by atoms with Gasteiger partial charge in [-0.1, -0.05) is 86.2 Å². The molecule has 2 aliphatic heterocycles. The Morgan fingerprint density at radius 1 is 0.745 bits per heavy atom. The number of furan rings is 1. The van der Waals surface area contributed by atoms with E-state index >= 15 is 0 Å². The van der Waals surface area contributed by atoms with E-state index in [1.165, 1.54) is 129 Å². The molecule has 3 heteroatoms. The fourth-order valence-corrected chi connectivity index (χ4v) is 11.9. The van der Waals surface area contributed by atoms with Crippen molar-refractivity contribution in [3.8, 4) is 0 Å². The number of para-hydroxylation sites is 1. The molecule has 11 rings (SSSR count). The Kier molecular flexibility index (Phi) is 7.40. The summed E-state index contributed by atoms with van der Waals surface area (Å²) in [4.78, 5) is 5.58. The molecule has 3 heterocycles. The van der Waals surface area contributed by atoms with Crippen molar-refractivity contribution in [2.75, 3.05) is 9.80 Å². The minimum absolute atomic E-state index is 0.567. The summed E-state index contributed by atoms with van der Waals surface area (Å²) in [5.41, 5.74) is 16.9. The van der Waals surface area contributed by atoms with E-state index in [9.17, 15) is 0 Å². The van der Waals surface area contributed by atoms with Crippen LogP contribution in [0.1, 0.15) is 147 Å². The highest BCUT2D eigenvalue weighted by Gasteiger charge is 2.43. The number of fused-ring (bicyclic) bond motifs is 9. The summed E-state index contributed by atoms with van der Waals surface area (Å²) in [5.74, 6) is 4.20. The molecular weight excluding hydrogens is 621 g/mol. The zero-order valence-corrected chi connectivity index (χ0v) is 30.2. The standard InChI is InChI=1S/C48H52N2O/c1-2-10-35(11-3-1)49-43-15-7-4-12-37(43)40-28-33(22-25-45(40)49)31-18-20-32(21-19-31)34-23-26-46-41(29-34)38-13-5-8-16-44(38)50(46)36-24-27-48-42(30-36)39-14-6-9-17-47(39)51-48/h4,7,9,12,15,17-18,20,23,25-26,29-30,33,35,38,40,44H,1-3,5-6,8,10-11,13-14,16,19,21-22,24,27-28H2. The maximum absolute atomic E-state index is 6.34. The second-order valence-electron chi connectivity index (χ2n) is 17.0. The van der Waals surface area contributed by atoms with E-state index in [2.05, 4.69) is 88.7 Å². The van der Waals surface area contributed by atoms with Crippen molar-refractivity contribution in [2.45, 2.75) is 133 Å². The lowest BCUT2D eigenvalue weighted by atomic mass is 9.75. The van der Waals surface area contributed by atoms with Crippen LogP contribution in [0, 0.1) is 5.92 Å². The maximum Gasteiger partial charge on any atom is 0.130 e. The van der Waals surface area contributed by atoms with Crippen LogP contribution in [-0.2, 0) is 12.8 Å². The predicted octanol–water partition coefficient (Wildman–Crippen LogP) is 12.4. The fourth-order valence-electron chi connectivity index (χ4n) is 11.9. The van der Waals surface area contributed by atoms with Crippen LogP contribution in [-0.4, -0.2) is 12.1 Å². The summed E-state index contributed by atoms with van der Waals surface area (Å²) >= 11 is 0. The zero-order chi connectivity index (χ0) is 33.5. The average Bonchev–Trinajstić information content (AvgIpc) is 3.85. The van der Waals surface area contributed by atoms with Crippen LogP contribution < -0.4 is 9.80 Å². The van der Waals surface area contributed by atoms with Gasteiger partial charge in [0.1, 0.15) is 11.5 Å². The van der Waals surface area contributed by atoms with E-state index in [0.29, 0.717) is 29.8 Å². The monoisotopic (exact) mass is 672 g/mol. The predicted molar refractivity (Wildman–Crippen MR) is 211 cm³/mol. The molecule has 0 bridgehead atoms. The molecule has 0 amide bonds. The number of hydrogen-bond donors (Lipinski definition) is 0. The molecule has 0 N–H and O–H groups in total. The fraction of sp³-hybridized carbons (Fsp3) is 0.458. The minimum Gasteiger partial charge on any atom is -0.461 e. The highest BCUT2D eigenvalue weighted by Crippen LogP contribution is 2.54. The first kappa shape index (κ1) is 30.6. The first-order valence-corrected chi connectivity index (χ1v) is 20.7. The third-order valence-electron chi connectivity index (χ3n) is 14.3. The normalized spacial score (nSPS) is 28.1. The molecule has 2 fully saturated rings. The van der Waals surface area contributed by atoms with E-state index < -0.39 is 0 Å². The van der Waals surface area contributed by atoms with Crippen molar-refractivity contribution in [3.05, 3.63) is 123 Å². The van der Waals surface area contributed by atoms with Gasteiger partial charge in [0.2, 0.25) is 0 Å². The van der Waals surface area contributed by atoms with Crippen molar-refractivity contribution < 1.29 is 4.42 Å². The van der Waals surface area contributed by atoms with E-state index in [1.54, 1.807) is 22.4 Å². The van der Waals surface area contributed by atoms with Gasteiger partial charge in [0.25, 0.3) is 0 Å². The molecule has 1 aromatic heterocycles. The van der Waals surface area contributed by atoms with Crippen LogP contribution in [0.3, 0.4) is 0 Å². The molecule has 2 aromatic carbocycles. The third-order valence-corrected chi connectivity index (χ3v) is 14.3. The van der Waals surface area contributed by atoms with Gasteiger partial charge in [-0.25, -0.2) is 0 Å². The molecule has 51 heavy (non-hydrogen) atoms. The molecule has 0 saturated heterocycles. The Hall–Kier alpha value is -3.98. The minimum atomic E-state index is 0.567. The number of benzene rings is 2. The number of hydrogen-bond acceptors (Lipinski definition) is 3. The Morgan fingerprint density at radius 3 is 2.55 bits per heavy atom. The van der Waals surface area contributed by atoms with Gasteiger partial charge in [0.15, 0.2) is 0 Å². The third kappa shape index (κ3) is 4.96. The first-order chi connectivity index (χ1) is 25.3. The van der Waals surface area contributed by atoms with Gasteiger partial charge >= 0.3 is 0 Å². The topological polar surface area (TPSA) is 19.6 Å². The van der Waals surface area contributed by atoms with Crippen LogP contribution in [0.2, 0.25) is 0 Å².